The molecule has 3 fully saturated rings. The molecule has 17 heteroatoms. The number of benzene rings is 1. The number of amides is 4. The Morgan fingerprint density at radius 1 is 1.11 bits per heavy atom. The summed E-state index contributed by atoms with van der Waals surface area (Å²) in [6.07, 6.45) is 11.0. The van der Waals surface area contributed by atoms with Crippen LogP contribution in [0.1, 0.15) is 80.9 Å². The first kappa shape index (κ1) is 36.3. The highest BCUT2D eigenvalue weighted by Crippen LogP contribution is 2.47. The van der Waals surface area contributed by atoms with Crippen LogP contribution in [0.2, 0.25) is 0 Å². The Morgan fingerprint density at radius 3 is 2.68 bits per heavy atom. The molecule has 4 amide bonds. The van der Waals surface area contributed by atoms with Gasteiger partial charge in [0.1, 0.15) is 40.6 Å². The zero-order chi connectivity index (χ0) is 37.5. The van der Waals surface area contributed by atoms with E-state index in [2.05, 4.69) is 35.3 Å². The van der Waals surface area contributed by atoms with E-state index in [9.17, 15) is 32.0 Å². The third-order valence-corrected chi connectivity index (χ3v) is 12.8. The average Bonchev–Trinajstić information content (AvgIpc) is 4.01. The van der Waals surface area contributed by atoms with Crippen LogP contribution < -0.4 is 20.1 Å². The number of aryl methyl sites for hydroxylation is 1. The van der Waals surface area contributed by atoms with Crippen molar-refractivity contribution in [3.8, 4) is 5.88 Å². The summed E-state index contributed by atoms with van der Waals surface area (Å²) < 4.78 is 48.3. The SMILES string of the molecule is Cc1nc2cccc(F)c2nc1O[C@@H]1C[C@H]2C(=O)N[C@]3(C(=O)NS(=O)(=O)C4(C)CC4)C[C@H]3C=CCCCCC[C@H](NC(=O)c3cnccn3)C(=O)N2C1. The molecule has 280 valence electrons. The summed E-state index contributed by atoms with van der Waals surface area (Å²) in [5.74, 6) is -3.73. The van der Waals surface area contributed by atoms with E-state index in [1.165, 1.54) is 35.6 Å². The van der Waals surface area contributed by atoms with Crippen LogP contribution in [0.25, 0.3) is 11.0 Å². The van der Waals surface area contributed by atoms with E-state index in [0.29, 0.717) is 36.9 Å². The molecule has 0 bridgehead atoms. The molecule has 4 heterocycles. The molecule has 53 heavy (non-hydrogen) atoms. The third-order valence-electron chi connectivity index (χ3n) is 10.6. The number of rotatable bonds is 7. The van der Waals surface area contributed by atoms with Crippen molar-refractivity contribution >= 4 is 44.7 Å². The number of para-hydroxylation sites is 1. The van der Waals surface area contributed by atoms with Crippen LogP contribution in [0.3, 0.4) is 0 Å². The first-order valence-corrected chi connectivity index (χ1v) is 19.3. The maximum atomic E-state index is 14.7. The summed E-state index contributed by atoms with van der Waals surface area (Å²) in [5, 5.41) is 5.61. The van der Waals surface area contributed by atoms with Gasteiger partial charge in [-0.1, -0.05) is 31.1 Å². The maximum absolute atomic E-state index is 14.7. The molecule has 2 saturated carbocycles. The fraction of sp³-hybridized carbons (Fsp3) is 0.500. The Morgan fingerprint density at radius 2 is 1.92 bits per heavy atom. The molecule has 3 aromatic rings. The standard InChI is InChI=1S/C36H41FN8O7S/c1-21-32(42-29-24(37)10-8-12-25(29)40-21)52-23-17-28-31(47)43-36(34(49)44-53(50,51)35(2)13-14-35)18-22(36)9-6-4-3-5-7-11-26(33(48)45(28)20-23)41-30(46)27-19-38-15-16-39-27/h6,8-10,12,15-16,19,22-23,26,28H,3-5,7,11,13-14,17-18,20H2,1-2H3,(H,41,46)(H,43,47)(H,44,49)/t22-,23-,26+,28+,36-/m1/s1. The topological polar surface area (TPSA) is 203 Å². The van der Waals surface area contributed by atoms with Crippen molar-refractivity contribution in [3.05, 3.63) is 66.1 Å². The number of sulfonamides is 1. The van der Waals surface area contributed by atoms with Gasteiger partial charge < -0.3 is 20.3 Å². The third kappa shape index (κ3) is 7.30. The van der Waals surface area contributed by atoms with Gasteiger partial charge in [-0.15, -0.1) is 0 Å². The number of fused-ring (bicyclic) bond motifs is 3. The summed E-state index contributed by atoms with van der Waals surface area (Å²) in [6, 6.07) is 2.16. The summed E-state index contributed by atoms with van der Waals surface area (Å²) in [7, 11) is -4.01. The second-order valence-corrected chi connectivity index (χ2v) is 16.7. The minimum Gasteiger partial charge on any atom is -0.471 e. The molecule has 15 nitrogen and oxygen atoms in total. The minimum absolute atomic E-state index is 0.00246. The van der Waals surface area contributed by atoms with E-state index >= 15 is 0 Å². The number of nitrogens with one attached hydrogen (secondary N) is 3. The molecule has 2 aromatic heterocycles. The van der Waals surface area contributed by atoms with Gasteiger partial charge >= 0.3 is 0 Å². The van der Waals surface area contributed by atoms with Crippen LogP contribution >= 0.6 is 0 Å². The lowest BCUT2D eigenvalue weighted by Crippen LogP contribution is -2.58. The molecule has 0 radical (unpaired) electrons. The summed E-state index contributed by atoms with van der Waals surface area (Å²) in [6.45, 7) is 3.10. The molecular weight excluding hydrogens is 708 g/mol. The molecule has 5 atom stereocenters. The number of carbonyl (C=O) groups is 4. The van der Waals surface area contributed by atoms with Gasteiger partial charge in [0, 0.05) is 24.7 Å². The Hall–Kier alpha value is -5.06. The van der Waals surface area contributed by atoms with E-state index in [1.54, 1.807) is 19.9 Å². The summed E-state index contributed by atoms with van der Waals surface area (Å²) in [5.41, 5.74) is -0.848. The summed E-state index contributed by atoms with van der Waals surface area (Å²) >= 11 is 0. The quantitative estimate of drug-likeness (QED) is 0.300. The molecule has 2 aliphatic carbocycles. The Bertz CT molecular complexity index is 2100. The number of allylic oxidation sites excluding steroid dienone is 1. The van der Waals surface area contributed by atoms with Gasteiger partial charge in [-0.3, -0.25) is 28.9 Å². The van der Waals surface area contributed by atoms with Crippen molar-refractivity contribution in [2.75, 3.05) is 6.54 Å². The van der Waals surface area contributed by atoms with Crippen LogP contribution in [0, 0.1) is 18.7 Å². The van der Waals surface area contributed by atoms with E-state index in [0.717, 1.165) is 12.8 Å². The maximum Gasteiger partial charge on any atom is 0.272 e. The monoisotopic (exact) mass is 748 g/mol. The highest BCUT2D eigenvalue weighted by atomic mass is 32.2. The van der Waals surface area contributed by atoms with Crippen LogP contribution in [-0.2, 0) is 24.4 Å². The van der Waals surface area contributed by atoms with Crippen LogP contribution in [0.5, 0.6) is 5.88 Å². The van der Waals surface area contributed by atoms with E-state index in [1.807, 2.05) is 12.2 Å². The zero-order valence-corrected chi connectivity index (χ0v) is 30.2. The predicted octanol–water partition coefficient (Wildman–Crippen LogP) is 2.41. The number of hydrogen-bond donors (Lipinski definition) is 3. The van der Waals surface area contributed by atoms with Gasteiger partial charge in [0.05, 0.1) is 23.0 Å². The lowest BCUT2D eigenvalue weighted by atomic mass is 10.0. The number of hydrogen-bond acceptors (Lipinski definition) is 11. The lowest BCUT2D eigenvalue weighted by Gasteiger charge is -2.30. The fourth-order valence-corrected chi connectivity index (χ4v) is 8.29. The molecular formula is C36H41FN8O7S. The van der Waals surface area contributed by atoms with Gasteiger partial charge in [-0.05, 0) is 64.5 Å². The van der Waals surface area contributed by atoms with Crippen molar-refractivity contribution in [1.82, 2.24) is 40.2 Å². The molecule has 3 N–H and O–H groups in total. The first-order chi connectivity index (χ1) is 25.3. The average molecular weight is 749 g/mol. The minimum atomic E-state index is -4.01. The Kier molecular flexibility index (Phi) is 9.63. The van der Waals surface area contributed by atoms with Gasteiger partial charge in [-0.2, -0.15) is 0 Å². The normalized spacial score (nSPS) is 27.0. The number of aromatic nitrogens is 4. The molecule has 7 rings (SSSR count). The molecule has 0 spiro atoms. The van der Waals surface area contributed by atoms with Crippen molar-refractivity contribution in [2.45, 2.75) is 100 Å². The zero-order valence-electron chi connectivity index (χ0n) is 29.4. The predicted molar refractivity (Wildman–Crippen MR) is 188 cm³/mol. The Balaban J connectivity index is 1.20. The van der Waals surface area contributed by atoms with Gasteiger partial charge in [0.2, 0.25) is 27.7 Å². The smallest absolute Gasteiger partial charge is 0.272 e. The van der Waals surface area contributed by atoms with Crippen molar-refractivity contribution in [2.24, 2.45) is 5.92 Å². The number of ether oxygens (including phenoxy) is 1. The van der Waals surface area contributed by atoms with Crippen LogP contribution in [0.4, 0.5) is 4.39 Å². The number of carbonyl (C=O) groups excluding carboxylic acids is 4. The second-order valence-electron chi connectivity index (χ2n) is 14.5. The van der Waals surface area contributed by atoms with Crippen molar-refractivity contribution in [1.29, 1.82) is 0 Å². The Labute approximate surface area is 305 Å². The second kappa shape index (κ2) is 14.1. The number of halogens is 1. The van der Waals surface area contributed by atoms with Gasteiger partial charge in [0.15, 0.2) is 5.82 Å². The van der Waals surface area contributed by atoms with Crippen molar-refractivity contribution in [3.63, 3.8) is 0 Å². The molecule has 1 saturated heterocycles. The molecule has 4 aliphatic rings. The summed E-state index contributed by atoms with van der Waals surface area (Å²) in [4.78, 5) is 73.9. The highest BCUT2D eigenvalue weighted by molar-refractivity contribution is 7.91. The molecule has 2 aliphatic heterocycles. The highest BCUT2D eigenvalue weighted by Gasteiger charge is 2.63. The van der Waals surface area contributed by atoms with Gasteiger partial charge in [0.25, 0.3) is 11.8 Å². The lowest BCUT2D eigenvalue weighted by molar-refractivity contribution is -0.141. The van der Waals surface area contributed by atoms with E-state index in [4.69, 9.17) is 4.74 Å². The largest absolute Gasteiger partial charge is 0.471 e. The molecule has 1 aromatic carbocycles. The van der Waals surface area contributed by atoms with E-state index in [-0.39, 0.29) is 42.9 Å². The van der Waals surface area contributed by atoms with Crippen LogP contribution in [-0.4, -0.2) is 91.9 Å². The van der Waals surface area contributed by atoms with Gasteiger partial charge in [-0.25, -0.2) is 27.8 Å². The fourth-order valence-electron chi connectivity index (χ4n) is 6.98. The molecule has 0 unspecified atom stereocenters. The van der Waals surface area contributed by atoms with Crippen molar-refractivity contribution < 1.29 is 36.7 Å². The van der Waals surface area contributed by atoms with Crippen LogP contribution in [0.15, 0.2) is 48.9 Å². The first-order valence-electron chi connectivity index (χ1n) is 17.8. The van der Waals surface area contributed by atoms with E-state index < -0.39 is 73.9 Å². The number of nitrogens with zero attached hydrogens (tertiary/aromatic N) is 5.